The average molecular weight is 582 g/mol. The number of carbonyl (C=O) groups excluding carboxylic acids is 2. The zero-order valence-corrected chi connectivity index (χ0v) is 22.7. The molecule has 41 heavy (non-hydrogen) atoms. The minimum Gasteiger partial charge on any atom is -0.355 e. The molecule has 2 aliphatic rings. The Bertz CT molecular complexity index is 1420. The summed E-state index contributed by atoms with van der Waals surface area (Å²) in [5.74, 6) is -6.91. The topological polar surface area (TPSA) is 106 Å². The van der Waals surface area contributed by atoms with E-state index in [4.69, 9.17) is 0 Å². The monoisotopic (exact) mass is 581 g/mol. The highest BCUT2D eigenvalue weighted by atomic mass is 19.4. The van der Waals surface area contributed by atoms with E-state index >= 15 is 0 Å². The van der Waals surface area contributed by atoms with Crippen LogP contribution in [0.1, 0.15) is 79.9 Å². The van der Waals surface area contributed by atoms with Crippen molar-refractivity contribution in [2.75, 3.05) is 6.54 Å². The first-order valence-corrected chi connectivity index (χ1v) is 13.7. The molecule has 5 rings (SSSR count). The van der Waals surface area contributed by atoms with E-state index in [9.17, 15) is 31.5 Å². The van der Waals surface area contributed by atoms with Gasteiger partial charge in [-0.3, -0.25) is 14.3 Å². The number of hydrogen-bond acceptors (Lipinski definition) is 5. The third kappa shape index (κ3) is 6.35. The first-order chi connectivity index (χ1) is 19.3. The summed E-state index contributed by atoms with van der Waals surface area (Å²) in [6.45, 7) is 3.30. The summed E-state index contributed by atoms with van der Waals surface area (Å²) in [4.78, 5) is 30.2. The first kappa shape index (κ1) is 28.9. The van der Waals surface area contributed by atoms with Crippen LogP contribution in [-0.4, -0.2) is 54.8 Å². The number of hydrogen-bond donors (Lipinski definition) is 2. The summed E-state index contributed by atoms with van der Waals surface area (Å²) in [6, 6.07) is 3.81. The zero-order valence-electron chi connectivity index (χ0n) is 22.7. The molecule has 3 aromatic rings. The van der Waals surface area contributed by atoms with Gasteiger partial charge in [-0.25, -0.2) is 18.3 Å². The molecule has 3 aromatic heterocycles. The number of imidazole rings is 1. The van der Waals surface area contributed by atoms with Gasteiger partial charge in [-0.1, -0.05) is 0 Å². The molecule has 4 atom stereocenters. The van der Waals surface area contributed by atoms with E-state index < -0.39 is 60.7 Å². The Kier molecular flexibility index (Phi) is 7.77. The number of nitrogens with one attached hydrogen (secondary N) is 2. The summed E-state index contributed by atoms with van der Waals surface area (Å²) in [5, 5.41) is 13.9. The fourth-order valence-corrected chi connectivity index (χ4v) is 5.83. The number of alkyl halides is 5. The van der Waals surface area contributed by atoms with Crippen LogP contribution in [0, 0.1) is 17.8 Å². The van der Waals surface area contributed by atoms with Crippen LogP contribution < -0.4 is 10.6 Å². The van der Waals surface area contributed by atoms with Crippen molar-refractivity contribution in [1.29, 1.82) is 0 Å². The van der Waals surface area contributed by atoms with Crippen LogP contribution in [0.5, 0.6) is 0 Å². The molecule has 1 saturated heterocycles. The maximum Gasteiger partial charge on any atom is 0.393 e. The number of halogens is 5. The van der Waals surface area contributed by atoms with E-state index in [1.54, 1.807) is 22.9 Å². The molecule has 14 heteroatoms. The maximum atomic E-state index is 14.5. The highest BCUT2D eigenvalue weighted by Gasteiger charge is 2.45. The van der Waals surface area contributed by atoms with Crippen molar-refractivity contribution in [3.05, 3.63) is 47.7 Å². The third-order valence-electron chi connectivity index (χ3n) is 7.92. The number of nitrogens with zero attached hydrogens (tertiary/aromatic N) is 5. The molecule has 4 heterocycles. The highest BCUT2D eigenvalue weighted by molar-refractivity contribution is 5.92. The molecule has 2 fully saturated rings. The lowest BCUT2D eigenvalue weighted by atomic mass is 9.80. The summed E-state index contributed by atoms with van der Waals surface area (Å²) < 4.78 is 71.6. The molecule has 2 unspecified atom stereocenters. The molecule has 1 aliphatic carbocycles. The largest absolute Gasteiger partial charge is 0.393 e. The highest BCUT2D eigenvalue weighted by Crippen LogP contribution is 2.42. The number of piperidine rings is 1. The van der Waals surface area contributed by atoms with Gasteiger partial charge in [0, 0.05) is 44.0 Å². The second-order valence-electron chi connectivity index (χ2n) is 11.3. The number of amides is 2. The SMILES string of the molecule is CC(C)n1nccc1C(=O)NC(c1cn2nc(CC3C[C@@H](C(F)(F)F)CNC3=O)ccc2n1)[C@@H]1CCCC(F)(F)C1. The Balaban J connectivity index is 1.41. The molecule has 1 saturated carbocycles. The molecule has 2 amide bonds. The van der Waals surface area contributed by atoms with Gasteiger partial charge in [0.2, 0.25) is 11.8 Å². The zero-order chi connectivity index (χ0) is 29.5. The Morgan fingerprint density at radius 3 is 2.73 bits per heavy atom. The summed E-state index contributed by atoms with van der Waals surface area (Å²) in [6.07, 6.45) is -1.58. The predicted molar refractivity (Wildman–Crippen MR) is 137 cm³/mol. The first-order valence-electron chi connectivity index (χ1n) is 13.7. The molecule has 0 bridgehead atoms. The van der Waals surface area contributed by atoms with Crippen LogP contribution in [0.15, 0.2) is 30.6 Å². The summed E-state index contributed by atoms with van der Waals surface area (Å²) >= 11 is 0. The molecule has 1 aliphatic heterocycles. The summed E-state index contributed by atoms with van der Waals surface area (Å²) in [7, 11) is 0. The smallest absolute Gasteiger partial charge is 0.355 e. The predicted octanol–water partition coefficient (Wildman–Crippen LogP) is 4.66. The molecule has 2 N–H and O–H groups in total. The van der Waals surface area contributed by atoms with Gasteiger partial charge in [-0.15, -0.1) is 0 Å². The van der Waals surface area contributed by atoms with E-state index in [1.165, 1.54) is 16.9 Å². The lowest BCUT2D eigenvalue weighted by Gasteiger charge is -2.34. The Labute approximate surface area is 232 Å². The van der Waals surface area contributed by atoms with Crippen molar-refractivity contribution in [2.45, 2.75) is 76.6 Å². The number of fused-ring (bicyclic) bond motifs is 1. The van der Waals surface area contributed by atoms with E-state index in [1.807, 2.05) is 13.8 Å². The Hall–Kier alpha value is -3.58. The van der Waals surface area contributed by atoms with Crippen LogP contribution >= 0.6 is 0 Å². The van der Waals surface area contributed by atoms with Crippen LogP contribution in [0.4, 0.5) is 22.0 Å². The number of carbonyl (C=O) groups is 2. The standard InChI is InChI=1S/C27H32F5N7O2/c1-15(2)39-21(7-9-34-39)25(41)36-23(16-4-3-8-26(28,29)12-16)20-14-38-22(35-20)6-5-19(37-38)11-17-10-18(27(30,31)32)13-33-24(17)40/h5-7,9,14-18,23H,3-4,8,10-13H2,1-2H3,(H,33,40)(H,36,41)/t16-,17?,18-,23?/m1/s1. The molecule has 0 spiro atoms. The minimum absolute atomic E-state index is 0.00390. The lowest BCUT2D eigenvalue weighted by molar-refractivity contribution is -0.183. The summed E-state index contributed by atoms with van der Waals surface area (Å²) in [5.41, 5.74) is 1.39. The quantitative estimate of drug-likeness (QED) is 0.395. The molecule has 0 aromatic carbocycles. The van der Waals surface area contributed by atoms with Crippen molar-refractivity contribution in [2.24, 2.45) is 17.8 Å². The van der Waals surface area contributed by atoms with Gasteiger partial charge in [0.05, 0.1) is 29.5 Å². The van der Waals surface area contributed by atoms with Crippen LogP contribution in [0.25, 0.3) is 5.65 Å². The Morgan fingerprint density at radius 2 is 2.02 bits per heavy atom. The maximum absolute atomic E-state index is 14.5. The lowest BCUT2D eigenvalue weighted by Crippen LogP contribution is -2.47. The van der Waals surface area contributed by atoms with Gasteiger partial charge in [0.25, 0.3) is 5.91 Å². The van der Waals surface area contributed by atoms with Crippen molar-refractivity contribution in [1.82, 2.24) is 35.0 Å². The second-order valence-corrected chi connectivity index (χ2v) is 11.3. The van der Waals surface area contributed by atoms with Gasteiger partial charge < -0.3 is 10.6 Å². The number of aromatic nitrogens is 5. The fourth-order valence-electron chi connectivity index (χ4n) is 5.83. The molecular formula is C27H32F5N7O2. The number of rotatable bonds is 7. The second kappa shape index (κ2) is 11.0. The average Bonchev–Trinajstić information content (AvgIpc) is 3.54. The molecular weight excluding hydrogens is 549 g/mol. The van der Waals surface area contributed by atoms with Gasteiger partial charge in [0.15, 0.2) is 5.65 Å². The van der Waals surface area contributed by atoms with Gasteiger partial charge in [-0.05, 0) is 57.2 Å². The van der Waals surface area contributed by atoms with Gasteiger partial charge in [-0.2, -0.15) is 23.4 Å². The van der Waals surface area contributed by atoms with Gasteiger partial charge in [0.1, 0.15) is 5.69 Å². The van der Waals surface area contributed by atoms with Crippen LogP contribution in [-0.2, 0) is 11.2 Å². The molecule has 9 nitrogen and oxygen atoms in total. The van der Waals surface area contributed by atoms with Crippen LogP contribution in [0.3, 0.4) is 0 Å². The fraction of sp³-hybridized carbons (Fsp3) is 0.593. The van der Waals surface area contributed by atoms with E-state index in [0.29, 0.717) is 35.6 Å². The molecule has 0 radical (unpaired) electrons. The van der Waals surface area contributed by atoms with E-state index in [2.05, 4.69) is 25.8 Å². The Morgan fingerprint density at radius 1 is 1.24 bits per heavy atom. The van der Waals surface area contributed by atoms with E-state index in [0.717, 1.165) is 0 Å². The van der Waals surface area contributed by atoms with Gasteiger partial charge >= 0.3 is 6.18 Å². The van der Waals surface area contributed by atoms with Crippen molar-refractivity contribution in [3.8, 4) is 0 Å². The van der Waals surface area contributed by atoms with Crippen LogP contribution in [0.2, 0.25) is 0 Å². The van der Waals surface area contributed by atoms with Crippen molar-refractivity contribution >= 4 is 17.5 Å². The third-order valence-corrected chi connectivity index (χ3v) is 7.92. The van der Waals surface area contributed by atoms with E-state index in [-0.39, 0.29) is 25.3 Å². The van der Waals surface area contributed by atoms with Crippen molar-refractivity contribution < 1.29 is 31.5 Å². The minimum atomic E-state index is -4.41. The molecule has 222 valence electrons. The normalized spacial score (nSPS) is 23.9. The van der Waals surface area contributed by atoms with Crippen molar-refractivity contribution in [3.63, 3.8) is 0 Å².